The molecule has 0 bridgehead atoms. The first kappa shape index (κ1) is 12.4. The van der Waals surface area contributed by atoms with Crippen LogP contribution in [0.25, 0.3) is 11.0 Å². The number of nitrogens with zero attached hydrogens (tertiary/aromatic N) is 3. The van der Waals surface area contributed by atoms with Crippen LogP contribution in [-0.4, -0.2) is 22.3 Å². The Kier molecular flexibility index (Phi) is 3.49. The van der Waals surface area contributed by atoms with Gasteiger partial charge in [-0.3, -0.25) is 0 Å². The van der Waals surface area contributed by atoms with Gasteiger partial charge in [-0.15, -0.1) is 0 Å². The van der Waals surface area contributed by atoms with E-state index in [0.717, 1.165) is 11.0 Å². The second kappa shape index (κ2) is 5.07. The van der Waals surface area contributed by atoms with Gasteiger partial charge in [-0.05, 0) is 32.0 Å². The number of benzene rings is 1. The molecule has 2 rings (SSSR count). The molecule has 94 valence electrons. The highest BCUT2D eigenvalue weighted by atomic mass is 16.5. The maximum atomic E-state index is 8.91. The van der Waals surface area contributed by atoms with Gasteiger partial charge in [-0.25, -0.2) is 4.98 Å². The first-order chi connectivity index (χ1) is 8.61. The summed E-state index contributed by atoms with van der Waals surface area (Å²) in [5.74, 6) is 0.451. The fourth-order valence-electron chi connectivity index (χ4n) is 1.83. The number of hydrogen-bond donors (Lipinski definition) is 1. The molecule has 0 unspecified atom stereocenters. The van der Waals surface area contributed by atoms with Gasteiger partial charge < -0.3 is 15.0 Å². The summed E-state index contributed by atoms with van der Waals surface area (Å²) in [4.78, 5) is 4.26. The van der Waals surface area contributed by atoms with E-state index in [1.807, 2.05) is 24.5 Å². The molecule has 0 saturated heterocycles. The average molecular weight is 244 g/mol. The van der Waals surface area contributed by atoms with Crippen LogP contribution in [-0.2, 0) is 11.3 Å². The zero-order valence-corrected chi connectivity index (χ0v) is 10.6. The average Bonchev–Trinajstić information content (AvgIpc) is 2.64. The van der Waals surface area contributed by atoms with Gasteiger partial charge in [0.1, 0.15) is 0 Å². The highest BCUT2D eigenvalue weighted by molar-refractivity contribution is 5.79. The summed E-state index contributed by atoms with van der Waals surface area (Å²) in [5.41, 5.74) is 8.16. The SMILES string of the molecule is CC(C)OCCn1c(N)nc2ccc(C#N)cc21. The largest absolute Gasteiger partial charge is 0.377 e. The number of anilines is 1. The topological polar surface area (TPSA) is 76.9 Å². The van der Waals surface area contributed by atoms with Crippen molar-refractivity contribution < 1.29 is 4.74 Å². The lowest BCUT2D eigenvalue weighted by Crippen LogP contribution is -2.12. The van der Waals surface area contributed by atoms with E-state index >= 15 is 0 Å². The number of nitrogens with two attached hydrogens (primary N) is 1. The van der Waals surface area contributed by atoms with Crippen molar-refractivity contribution in [1.82, 2.24) is 9.55 Å². The van der Waals surface area contributed by atoms with Crippen LogP contribution in [0, 0.1) is 11.3 Å². The van der Waals surface area contributed by atoms with Crippen molar-refractivity contribution in [1.29, 1.82) is 5.26 Å². The summed E-state index contributed by atoms with van der Waals surface area (Å²) >= 11 is 0. The monoisotopic (exact) mass is 244 g/mol. The molecule has 0 radical (unpaired) electrons. The third-order valence-corrected chi connectivity index (χ3v) is 2.67. The lowest BCUT2D eigenvalue weighted by Gasteiger charge is -2.09. The van der Waals surface area contributed by atoms with E-state index in [-0.39, 0.29) is 6.10 Å². The lowest BCUT2D eigenvalue weighted by atomic mass is 10.2. The van der Waals surface area contributed by atoms with Crippen LogP contribution in [0.15, 0.2) is 18.2 Å². The van der Waals surface area contributed by atoms with E-state index in [9.17, 15) is 0 Å². The molecule has 0 amide bonds. The Hall–Kier alpha value is -2.06. The Morgan fingerprint density at radius 3 is 2.94 bits per heavy atom. The summed E-state index contributed by atoms with van der Waals surface area (Å²) in [5, 5.41) is 8.91. The minimum absolute atomic E-state index is 0.190. The van der Waals surface area contributed by atoms with Crippen molar-refractivity contribution >= 4 is 17.0 Å². The van der Waals surface area contributed by atoms with Crippen molar-refractivity contribution in [2.75, 3.05) is 12.3 Å². The zero-order valence-electron chi connectivity index (χ0n) is 10.6. The first-order valence-electron chi connectivity index (χ1n) is 5.89. The molecule has 1 aromatic carbocycles. The van der Waals surface area contributed by atoms with Crippen molar-refractivity contribution in [2.24, 2.45) is 0 Å². The fraction of sp³-hybridized carbons (Fsp3) is 0.385. The molecule has 18 heavy (non-hydrogen) atoms. The number of ether oxygens (including phenoxy) is 1. The van der Waals surface area contributed by atoms with Gasteiger partial charge >= 0.3 is 0 Å². The summed E-state index contributed by atoms with van der Waals surface area (Å²) in [7, 11) is 0. The second-order valence-corrected chi connectivity index (χ2v) is 4.36. The quantitative estimate of drug-likeness (QED) is 0.891. The molecule has 0 aliphatic heterocycles. The summed E-state index contributed by atoms with van der Waals surface area (Å²) in [6.45, 7) is 5.19. The Labute approximate surface area is 106 Å². The van der Waals surface area contributed by atoms with E-state index in [1.54, 1.807) is 12.1 Å². The van der Waals surface area contributed by atoms with Gasteiger partial charge in [0.05, 0.1) is 35.4 Å². The molecule has 2 N–H and O–H groups in total. The number of rotatable bonds is 4. The molecular formula is C13H16N4O. The Morgan fingerprint density at radius 1 is 1.50 bits per heavy atom. The molecule has 1 heterocycles. The Morgan fingerprint density at radius 2 is 2.28 bits per heavy atom. The first-order valence-corrected chi connectivity index (χ1v) is 5.89. The molecule has 0 atom stereocenters. The third-order valence-electron chi connectivity index (χ3n) is 2.67. The van der Waals surface area contributed by atoms with Gasteiger partial charge in [0.2, 0.25) is 5.95 Å². The van der Waals surface area contributed by atoms with Gasteiger partial charge in [0, 0.05) is 6.54 Å². The number of nitrogen functional groups attached to an aromatic ring is 1. The van der Waals surface area contributed by atoms with Crippen LogP contribution in [0.2, 0.25) is 0 Å². The van der Waals surface area contributed by atoms with E-state index in [1.165, 1.54) is 0 Å². The summed E-state index contributed by atoms with van der Waals surface area (Å²) in [6.07, 6.45) is 0.190. The van der Waals surface area contributed by atoms with Crippen molar-refractivity contribution in [3.63, 3.8) is 0 Å². The molecule has 0 spiro atoms. The third kappa shape index (κ3) is 2.44. The predicted molar refractivity (Wildman–Crippen MR) is 69.9 cm³/mol. The number of hydrogen-bond acceptors (Lipinski definition) is 4. The zero-order chi connectivity index (χ0) is 13.1. The molecule has 0 aliphatic carbocycles. The summed E-state index contributed by atoms with van der Waals surface area (Å²) in [6, 6.07) is 7.47. The molecule has 2 aromatic rings. The van der Waals surface area contributed by atoms with Crippen molar-refractivity contribution in [3.8, 4) is 6.07 Å². The van der Waals surface area contributed by atoms with Crippen LogP contribution in [0.3, 0.4) is 0 Å². The van der Waals surface area contributed by atoms with Crippen molar-refractivity contribution in [2.45, 2.75) is 26.5 Å². The molecule has 5 heteroatoms. The van der Waals surface area contributed by atoms with Gasteiger partial charge in [-0.1, -0.05) is 0 Å². The fourth-order valence-corrected chi connectivity index (χ4v) is 1.83. The second-order valence-electron chi connectivity index (χ2n) is 4.36. The van der Waals surface area contributed by atoms with Crippen LogP contribution in [0.1, 0.15) is 19.4 Å². The van der Waals surface area contributed by atoms with Crippen LogP contribution < -0.4 is 5.73 Å². The molecule has 0 fully saturated rings. The highest BCUT2D eigenvalue weighted by Gasteiger charge is 2.08. The Bertz CT molecular complexity index is 595. The van der Waals surface area contributed by atoms with E-state index < -0.39 is 0 Å². The number of imidazole rings is 1. The maximum absolute atomic E-state index is 8.91. The van der Waals surface area contributed by atoms with E-state index in [4.69, 9.17) is 15.7 Å². The maximum Gasteiger partial charge on any atom is 0.201 e. The Balaban J connectivity index is 2.30. The van der Waals surface area contributed by atoms with Crippen LogP contribution in [0.5, 0.6) is 0 Å². The number of nitriles is 1. The number of fused-ring (bicyclic) bond motifs is 1. The van der Waals surface area contributed by atoms with Gasteiger partial charge in [0.15, 0.2) is 0 Å². The smallest absolute Gasteiger partial charge is 0.201 e. The van der Waals surface area contributed by atoms with Crippen molar-refractivity contribution in [3.05, 3.63) is 23.8 Å². The number of aromatic nitrogens is 2. The minimum atomic E-state index is 0.190. The van der Waals surface area contributed by atoms with E-state index in [2.05, 4.69) is 11.1 Å². The molecular weight excluding hydrogens is 228 g/mol. The minimum Gasteiger partial charge on any atom is -0.377 e. The molecule has 0 saturated carbocycles. The van der Waals surface area contributed by atoms with Crippen LogP contribution in [0.4, 0.5) is 5.95 Å². The lowest BCUT2D eigenvalue weighted by molar-refractivity contribution is 0.0735. The summed E-state index contributed by atoms with van der Waals surface area (Å²) < 4.78 is 7.38. The standard InChI is InChI=1S/C13H16N4O/c1-9(2)18-6-5-17-12-7-10(8-14)3-4-11(12)16-13(17)15/h3-4,7,9H,5-6H2,1-2H3,(H2,15,16). The molecule has 5 nitrogen and oxygen atoms in total. The molecule has 1 aromatic heterocycles. The van der Waals surface area contributed by atoms with E-state index in [0.29, 0.717) is 24.7 Å². The predicted octanol–water partition coefficient (Wildman–Crippen LogP) is 1.92. The normalized spacial score (nSPS) is 11.0. The van der Waals surface area contributed by atoms with Gasteiger partial charge in [-0.2, -0.15) is 5.26 Å². The van der Waals surface area contributed by atoms with Gasteiger partial charge in [0.25, 0.3) is 0 Å². The van der Waals surface area contributed by atoms with Crippen LogP contribution >= 0.6 is 0 Å². The molecule has 0 aliphatic rings. The highest BCUT2D eigenvalue weighted by Crippen LogP contribution is 2.19.